The van der Waals surface area contributed by atoms with E-state index in [-0.39, 0.29) is 6.10 Å². The van der Waals surface area contributed by atoms with E-state index in [1.165, 1.54) is 37.7 Å². The predicted octanol–water partition coefficient (Wildman–Crippen LogP) is 5.64. The summed E-state index contributed by atoms with van der Waals surface area (Å²) < 4.78 is 6.29. The summed E-state index contributed by atoms with van der Waals surface area (Å²) in [6.45, 7) is 0. The molecule has 0 atom stereocenters. The number of hydrogen-bond acceptors (Lipinski definition) is 2. The molecule has 3 nitrogen and oxygen atoms in total. The summed E-state index contributed by atoms with van der Waals surface area (Å²) in [7, 11) is 0. The molecule has 0 amide bonds. The van der Waals surface area contributed by atoms with Gasteiger partial charge in [-0.3, -0.25) is 0 Å². The molecule has 0 radical (unpaired) electrons. The van der Waals surface area contributed by atoms with Crippen molar-refractivity contribution in [2.45, 2.75) is 57.0 Å². The average molecular weight is 336 g/mol. The van der Waals surface area contributed by atoms with E-state index in [1.807, 2.05) is 12.1 Å². The Bertz CT molecular complexity index is 771. The highest BCUT2D eigenvalue weighted by Crippen LogP contribution is 2.43. The number of carboxylic acids is 1. The summed E-state index contributed by atoms with van der Waals surface area (Å²) in [5.41, 5.74) is 3.70. The number of carbonyl (C=O) groups is 1. The van der Waals surface area contributed by atoms with Crippen LogP contribution in [0.25, 0.3) is 11.1 Å². The molecule has 2 aromatic carbocycles. The molecule has 2 aromatic rings. The molecule has 2 saturated carbocycles. The fourth-order valence-electron chi connectivity index (χ4n) is 3.98. The zero-order valence-corrected chi connectivity index (χ0v) is 14.4. The van der Waals surface area contributed by atoms with Crippen molar-refractivity contribution in [3.63, 3.8) is 0 Å². The third-order valence-electron chi connectivity index (χ3n) is 5.62. The Hall–Kier alpha value is -2.29. The summed E-state index contributed by atoms with van der Waals surface area (Å²) in [6, 6.07) is 13.7. The molecule has 0 aliphatic heterocycles. The van der Waals surface area contributed by atoms with Gasteiger partial charge >= 0.3 is 5.97 Å². The molecule has 0 saturated heterocycles. The average Bonchev–Trinajstić information content (AvgIpc) is 3.07. The molecule has 25 heavy (non-hydrogen) atoms. The zero-order valence-electron chi connectivity index (χ0n) is 14.4. The maximum atomic E-state index is 11.5. The number of benzene rings is 2. The second-order valence-corrected chi connectivity index (χ2v) is 7.26. The first-order valence-corrected chi connectivity index (χ1v) is 9.35. The smallest absolute Gasteiger partial charge is 0.335 e. The monoisotopic (exact) mass is 336 g/mol. The van der Waals surface area contributed by atoms with Gasteiger partial charge in [0.1, 0.15) is 5.75 Å². The molecule has 4 rings (SSSR count). The first-order chi connectivity index (χ1) is 12.2. The van der Waals surface area contributed by atoms with Crippen LogP contribution in [0.4, 0.5) is 0 Å². The van der Waals surface area contributed by atoms with Gasteiger partial charge in [0, 0.05) is 5.56 Å². The van der Waals surface area contributed by atoms with Crippen molar-refractivity contribution >= 4 is 5.97 Å². The first kappa shape index (κ1) is 16.2. The SMILES string of the molecule is O=C(O)c1ccc(OC2CCCC2)c(-c2ccccc2C2CCC2)c1. The molecule has 3 heteroatoms. The lowest BCUT2D eigenvalue weighted by molar-refractivity contribution is 0.0697. The summed E-state index contributed by atoms with van der Waals surface area (Å²) in [6.07, 6.45) is 8.57. The Balaban J connectivity index is 1.78. The van der Waals surface area contributed by atoms with Crippen LogP contribution < -0.4 is 4.74 Å². The second-order valence-electron chi connectivity index (χ2n) is 7.26. The highest BCUT2D eigenvalue weighted by atomic mass is 16.5. The van der Waals surface area contributed by atoms with Crippen LogP contribution in [0.1, 0.15) is 66.8 Å². The highest BCUT2D eigenvalue weighted by Gasteiger charge is 2.25. The van der Waals surface area contributed by atoms with E-state index in [2.05, 4.69) is 18.2 Å². The van der Waals surface area contributed by atoms with Crippen LogP contribution in [0.2, 0.25) is 0 Å². The van der Waals surface area contributed by atoms with E-state index in [4.69, 9.17) is 4.74 Å². The van der Waals surface area contributed by atoms with Crippen molar-refractivity contribution in [3.05, 3.63) is 53.6 Å². The van der Waals surface area contributed by atoms with Crippen LogP contribution in [-0.2, 0) is 0 Å². The molecular formula is C22H24O3. The van der Waals surface area contributed by atoms with Crippen LogP contribution in [-0.4, -0.2) is 17.2 Å². The minimum absolute atomic E-state index is 0.255. The number of rotatable bonds is 5. The minimum atomic E-state index is -0.894. The molecule has 0 aromatic heterocycles. The molecule has 130 valence electrons. The fourth-order valence-corrected chi connectivity index (χ4v) is 3.98. The Morgan fingerprint density at radius 1 is 0.920 bits per heavy atom. The number of aromatic carboxylic acids is 1. The van der Waals surface area contributed by atoms with Gasteiger partial charge in [0.2, 0.25) is 0 Å². The summed E-state index contributed by atoms with van der Waals surface area (Å²) in [4.78, 5) is 11.5. The van der Waals surface area contributed by atoms with Gasteiger partial charge in [0.25, 0.3) is 0 Å². The Labute approximate surface area is 148 Å². The lowest BCUT2D eigenvalue weighted by Gasteiger charge is -2.28. The summed E-state index contributed by atoms with van der Waals surface area (Å²) >= 11 is 0. The quantitative estimate of drug-likeness (QED) is 0.768. The summed E-state index contributed by atoms with van der Waals surface area (Å²) in [5, 5.41) is 9.43. The molecule has 0 spiro atoms. The molecule has 0 unspecified atom stereocenters. The van der Waals surface area contributed by atoms with E-state index >= 15 is 0 Å². The van der Waals surface area contributed by atoms with Gasteiger partial charge in [-0.15, -0.1) is 0 Å². The van der Waals surface area contributed by atoms with Gasteiger partial charge in [-0.05, 0) is 73.8 Å². The van der Waals surface area contributed by atoms with E-state index in [0.29, 0.717) is 11.5 Å². The van der Waals surface area contributed by atoms with E-state index in [9.17, 15) is 9.90 Å². The van der Waals surface area contributed by atoms with Gasteiger partial charge in [0.05, 0.1) is 11.7 Å². The van der Waals surface area contributed by atoms with Gasteiger partial charge in [-0.1, -0.05) is 30.7 Å². The predicted molar refractivity (Wildman–Crippen MR) is 98.3 cm³/mol. The molecule has 0 bridgehead atoms. The number of carboxylic acid groups (broad SMARTS) is 1. The van der Waals surface area contributed by atoms with E-state index < -0.39 is 5.97 Å². The van der Waals surface area contributed by atoms with Gasteiger partial charge < -0.3 is 9.84 Å². The fraction of sp³-hybridized carbons (Fsp3) is 0.409. The topological polar surface area (TPSA) is 46.5 Å². The first-order valence-electron chi connectivity index (χ1n) is 9.35. The third-order valence-corrected chi connectivity index (χ3v) is 5.62. The van der Waals surface area contributed by atoms with E-state index in [0.717, 1.165) is 29.7 Å². The molecule has 2 aliphatic carbocycles. The van der Waals surface area contributed by atoms with Crippen molar-refractivity contribution in [2.24, 2.45) is 0 Å². The number of ether oxygens (including phenoxy) is 1. The molecule has 2 fully saturated rings. The highest BCUT2D eigenvalue weighted by molar-refractivity contribution is 5.91. The Kier molecular flexibility index (Phi) is 4.48. The van der Waals surface area contributed by atoms with Crippen LogP contribution >= 0.6 is 0 Å². The maximum Gasteiger partial charge on any atom is 0.335 e. The van der Waals surface area contributed by atoms with Crippen molar-refractivity contribution < 1.29 is 14.6 Å². The summed E-state index contributed by atoms with van der Waals surface area (Å²) in [5.74, 6) is 0.516. The van der Waals surface area contributed by atoms with E-state index in [1.54, 1.807) is 12.1 Å². The van der Waals surface area contributed by atoms with Crippen LogP contribution in [0, 0.1) is 0 Å². The molecule has 1 N–H and O–H groups in total. The lowest BCUT2D eigenvalue weighted by atomic mass is 9.77. The van der Waals surface area contributed by atoms with Crippen LogP contribution in [0.15, 0.2) is 42.5 Å². The lowest BCUT2D eigenvalue weighted by Crippen LogP contribution is -2.13. The molecule has 0 heterocycles. The normalized spacial score (nSPS) is 18.1. The van der Waals surface area contributed by atoms with Crippen molar-refractivity contribution in [2.75, 3.05) is 0 Å². The van der Waals surface area contributed by atoms with Crippen LogP contribution in [0.3, 0.4) is 0 Å². The van der Waals surface area contributed by atoms with Crippen molar-refractivity contribution in [3.8, 4) is 16.9 Å². The van der Waals surface area contributed by atoms with Gasteiger partial charge in [-0.2, -0.15) is 0 Å². The minimum Gasteiger partial charge on any atom is -0.490 e. The second kappa shape index (κ2) is 6.91. The van der Waals surface area contributed by atoms with Crippen molar-refractivity contribution in [1.29, 1.82) is 0 Å². The third kappa shape index (κ3) is 3.28. The van der Waals surface area contributed by atoms with Gasteiger partial charge in [-0.25, -0.2) is 4.79 Å². The van der Waals surface area contributed by atoms with Gasteiger partial charge in [0.15, 0.2) is 0 Å². The zero-order chi connectivity index (χ0) is 17.2. The molecule has 2 aliphatic rings. The largest absolute Gasteiger partial charge is 0.490 e. The number of hydrogen-bond donors (Lipinski definition) is 1. The molecular weight excluding hydrogens is 312 g/mol. The Morgan fingerprint density at radius 3 is 2.36 bits per heavy atom. The van der Waals surface area contributed by atoms with Crippen molar-refractivity contribution in [1.82, 2.24) is 0 Å². The van der Waals surface area contributed by atoms with Crippen LogP contribution in [0.5, 0.6) is 5.75 Å². The maximum absolute atomic E-state index is 11.5. The Morgan fingerprint density at radius 2 is 1.68 bits per heavy atom. The standard InChI is InChI=1S/C22H24O3/c23-22(24)16-12-13-21(25-17-8-1-2-9-17)20(14-16)19-11-4-3-10-18(19)15-6-5-7-15/h3-4,10-15,17H,1-2,5-9H2,(H,23,24).